The summed E-state index contributed by atoms with van der Waals surface area (Å²) < 4.78 is 5.44. The fourth-order valence-corrected chi connectivity index (χ4v) is 2.03. The number of nitriles is 1. The molecule has 0 fully saturated rings. The Bertz CT molecular complexity index is 433. The second-order valence-corrected chi connectivity index (χ2v) is 5.03. The van der Waals surface area contributed by atoms with Gasteiger partial charge in [-0.25, -0.2) is 0 Å². The van der Waals surface area contributed by atoms with E-state index < -0.39 is 0 Å². The zero-order chi connectivity index (χ0) is 13.6. The Morgan fingerprint density at radius 2 is 2.11 bits per heavy atom. The van der Waals surface area contributed by atoms with Crippen molar-refractivity contribution in [3.8, 4) is 11.8 Å². The first-order valence-electron chi connectivity index (χ1n) is 6.30. The zero-order valence-electron chi connectivity index (χ0n) is 11.7. The quantitative estimate of drug-likeness (QED) is 0.620. The van der Waals surface area contributed by atoms with Gasteiger partial charge >= 0.3 is 0 Å². The molecule has 0 spiro atoms. The van der Waals surface area contributed by atoms with Crippen molar-refractivity contribution in [2.75, 3.05) is 20.2 Å². The molecule has 0 aliphatic carbocycles. The van der Waals surface area contributed by atoms with Crippen LogP contribution in [-0.4, -0.2) is 20.2 Å². The summed E-state index contributed by atoms with van der Waals surface area (Å²) in [5.41, 5.74) is 2.43. The summed E-state index contributed by atoms with van der Waals surface area (Å²) in [6.07, 6.45) is 1.01. The van der Waals surface area contributed by atoms with Crippen LogP contribution in [0.15, 0.2) is 18.2 Å². The second-order valence-electron chi connectivity index (χ2n) is 5.03. The molecule has 1 rings (SSSR count). The maximum atomic E-state index is 8.58. The molecule has 0 saturated heterocycles. The Hall–Kier alpha value is -1.53. The molecule has 0 aliphatic rings. The van der Waals surface area contributed by atoms with Crippen LogP contribution >= 0.6 is 0 Å². The third-order valence-electron chi connectivity index (χ3n) is 3.17. The van der Waals surface area contributed by atoms with Crippen molar-refractivity contribution in [3.63, 3.8) is 0 Å². The van der Waals surface area contributed by atoms with Crippen LogP contribution in [0.4, 0.5) is 0 Å². The summed E-state index contributed by atoms with van der Waals surface area (Å²) in [5, 5.41) is 11.7. The van der Waals surface area contributed by atoms with Crippen molar-refractivity contribution in [3.05, 3.63) is 29.3 Å². The average Bonchev–Trinajstić information content (AvgIpc) is 2.38. The second kappa shape index (κ2) is 6.42. The molecule has 0 unspecified atom stereocenters. The van der Waals surface area contributed by atoms with E-state index in [1.165, 1.54) is 11.1 Å². The molecule has 1 N–H and O–H groups in total. The number of benzene rings is 1. The van der Waals surface area contributed by atoms with Gasteiger partial charge in [0.15, 0.2) is 0 Å². The molecular weight excluding hydrogens is 224 g/mol. The minimum atomic E-state index is -0.0621. The molecule has 1 aromatic rings. The first-order valence-corrected chi connectivity index (χ1v) is 6.30. The van der Waals surface area contributed by atoms with E-state index in [1.807, 2.05) is 6.07 Å². The average molecular weight is 246 g/mol. The summed E-state index contributed by atoms with van der Waals surface area (Å²) in [5.74, 6) is 0.913. The SMILES string of the molecule is CCc1ccc(OC)c(C(C)(C)CNCC#N)c1. The van der Waals surface area contributed by atoms with Crippen LogP contribution in [0.2, 0.25) is 0 Å². The Morgan fingerprint density at radius 3 is 2.67 bits per heavy atom. The number of nitrogens with one attached hydrogen (secondary N) is 1. The van der Waals surface area contributed by atoms with Gasteiger partial charge in [0.25, 0.3) is 0 Å². The predicted molar refractivity (Wildman–Crippen MR) is 73.9 cm³/mol. The third kappa shape index (κ3) is 3.48. The maximum absolute atomic E-state index is 8.58. The van der Waals surface area contributed by atoms with Gasteiger partial charge in [-0.3, -0.25) is 0 Å². The molecule has 0 heterocycles. The van der Waals surface area contributed by atoms with Crippen LogP contribution < -0.4 is 10.1 Å². The molecule has 0 saturated carbocycles. The maximum Gasteiger partial charge on any atom is 0.122 e. The molecule has 1 aromatic carbocycles. The number of nitrogens with zero attached hydrogens (tertiary/aromatic N) is 1. The van der Waals surface area contributed by atoms with Crippen molar-refractivity contribution < 1.29 is 4.74 Å². The fourth-order valence-electron chi connectivity index (χ4n) is 2.03. The highest BCUT2D eigenvalue weighted by molar-refractivity contribution is 5.42. The van der Waals surface area contributed by atoms with E-state index in [9.17, 15) is 0 Å². The number of ether oxygens (including phenoxy) is 1. The van der Waals surface area contributed by atoms with E-state index in [1.54, 1.807) is 7.11 Å². The van der Waals surface area contributed by atoms with Crippen LogP contribution in [0, 0.1) is 11.3 Å². The Labute approximate surface area is 110 Å². The summed E-state index contributed by atoms with van der Waals surface area (Å²) in [6.45, 7) is 7.60. The Morgan fingerprint density at radius 1 is 1.39 bits per heavy atom. The summed E-state index contributed by atoms with van der Waals surface area (Å²) in [6, 6.07) is 8.43. The number of hydrogen-bond donors (Lipinski definition) is 1. The van der Waals surface area contributed by atoms with Gasteiger partial charge in [-0.05, 0) is 18.1 Å². The predicted octanol–water partition coefficient (Wildman–Crippen LogP) is 2.65. The van der Waals surface area contributed by atoms with Crippen LogP contribution in [0.25, 0.3) is 0 Å². The third-order valence-corrected chi connectivity index (χ3v) is 3.17. The van der Waals surface area contributed by atoms with Gasteiger partial charge < -0.3 is 10.1 Å². The van der Waals surface area contributed by atoms with Crippen molar-refractivity contribution in [2.24, 2.45) is 0 Å². The number of aryl methyl sites for hydroxylation is 1. The molecule has 3 nitrogen and oxygen atoms in total. The molecule has 0 radical (unpaired) electrons. The van der Waals surface area contributed by atoms with Crippen molar-refractivity contribution in [2.45, 2.75) is 32.6 Å². The van der Waals surface area contributed by atoms with Crippen LogP contribution in [0.5, 0.6) is 5.75 Å². The van der Waals surface area contributed by atoms with Gasteiger partial charge in [0.05, 0.1) is 19.7 Å². The standard InChI is InChI=1S/C15H22N2O/c1-5-12-6-7-14(18-4)13(10-12)15(2,3)11-17-9-8-16/h6-7,10,17H,5,9,11H2,1-4H3. The van der Waals surface area contributed by atoms with Crippen LogP contribution in [-0.2, 0) is 11.8 Å². The minimum absolute atomic E-state index is 0.0621. The molecular formula is C15H22N2O. The van der Waals surface area contributed by atoms with Gasteiger partial charge in [0.2, 0.25) is 0 Å². The Kier molecular flexibility index (Phi) is 5.18. The van der Waals surface area contributed by atoms with Crippen molar-refractivity contribution in [1.29, 1.82) is 5.26 Å². The van der Waals surface area contributed by atoms with E-state index in [2.05, 4.69) is 44.3 Å². The molecule has 0 atom stereocenters. The first-order chi connectivity index (χ1) is 8.55. The number of methoxy groups -OCH3 is 1. The lowest BCUT2D eigenvalue weighted by atomic mass is 9.83. The molecule has 98 valence electrons. The topological polar surface area (TPSA) is 45.0 Å². The molecule has 0 bridgehead atoms. The highest BCUT2D eigenvalue weighted by atomic mass is 16.5. The molecule has 0 aromatic heterocycles. The van der Waals surface area contributed by atoms with Gasteiger partial charge in [-0.2, -0.15) is 5.26 Å². The summed E-state index contributed by atoms with van der Waals surface area (Å²) in [4.78, 5) is 0. The lowest BCUT2D eigenvalue weighted by Crippen LogP contribution is -2.33. The molecule has 18 heavy (non-hydrogen) atoms. The van der Waals surface area contributed by atoms with E-state index in [-0.39, 0.29) is 5.41 Å². The van der Waals surface area contributed by atoms with Gasteiger partial charge in [0, 0.05) is 17.5 Å². The van der Waals surface area contributed by atoms with E-state index in [0.29, 0.717) is 6.54 Å². The zero-order valence-corrected chi connectivity index (χ0v) is 11.7. The van der Waals surface area contributed by atoms with E-state index in [0.717, 1.165) is 18.7 Å². The normalized spacial score (nSPS) is 11.1. The van der Waals surface area contributed by atoms with Crippen LogP contribution in [0.1, 0.15) is 31.9 Å². The van der Waals surface area contributed by atoms with E-state index >= 15 is 0 Å². The lowest BCUT2D eigenvalue weighted by molar-refractivity contribution is 0.387. The van der Waals surface area contributed by atoms with Gasteiger partial charge in [-0.15, -0.1) is 0 Å². The van der Waals surface area contributed by atoms with Gasteiger partial charge in [-0.1, -0.05) is 32.9 Å². The van der Waals surface area contributed by atoms with Gasteiger partial charge in [0.1, 0.15) is 5.75 Å². The Balaban J connectivity index is 3.00. The monoisotopic (exact) mass is 246 g/mol. The first kappa shape index (κ1) is 14.5. The smallest absolute Gasteiger partial charge is 0.122 e. The summed E-state index contributed by atoms with van der Waals surface area (Å²) >= 11 is 0. The number of hydrogen-bond acceptors (Lipinski definition) is 3. The van der Waals surface area contributed by atoms with Crippen molar-refractivity contribution in [1.82, 2.24) is 5.32 Å². The number of rotatable bonds is 6. The minimum Gasteiger partial charge on any atom is -0.496 e. The highest BCUT2D eigenvalue weighted by Crippen LogP contribution is 2.32. The highest BCUT2D eigenvalue weighted by Gasteiger charge is 2.24. The van der Waals surface area contributed by atoms with E-state index in [4.69, 9.17) is 10.00 Å². The molecule has 3 heteroatoms. The van der Waals surface area contributed by atoms with Crippen molar-refractivity contribution >= 4 is 0 Å². The molecule has 0 amide bonds. The largest absolute Gasteiger partial charge is 0.496 e. The van der Waals surface area contributed by atoms with Crippen LogP contribution in [0.3, 0.4) is 0 Å². The lowest BCUT2D eigenvalue weighted by Gasteiger charge is -2.27. The summed E-state index contributed by atoms with van der Waals surface area (Å²) in [7, 11) is 1.70. The molecule has 0 aliphatic heterocycles. The fraction of sp³-hybridized carbons (Fsp3) is 0.533.